The second-order valence-corrected chi connectivity index (χ2v) is 4.51. The van der Waals surface area contributed by atoms with E-state index in [1.54, 1.807) is 13.0 Å². The van der Waals surface area contributed by atoms with Crippen LogP contribution in [0.5, 0.6) is 5.75 Å². The molecule has 0 spiro atoms. The van der Waals surface area contributed by atoms with Gasteiger partial charge >= 0.3 is 0 Å². The molecule has 0 radical (unpaired) electrons. The van der Waals surface area contributed by atoms with Crippen molar-refractivity contribution in [3.05, 3.63) is 65.2 Å². The van der Waals surface area contributed by atoms with Crippen LogP contribution in [-0.4, -0.2) is 5.78 Å². The first-order valence-electron chi connectivity index (χ1n) is 6.51. The van der Waals surface area contributed by atoms with Crippen LogP contribution < -0.4 is 4.74 Å². The van der Waals surface area contributed by atoms with Crippen molar-refractivity contribution in [3.63, 3.8) is 0 Å². The van der Waals surface area contributed by atoms with Gasteiger partial charge in [0.2, 0.25) is 0 Å². The second-order valence-electron chi connectivity index (χ2n) is 4.51. The van der Waals surface area contributed by atoms with Gasteiger partial charge in [-0.05, 0) is 36.6 Å². The molecule has 0 saturated carbocycles. The molecular formula is C17H18O2. The second kappa shape index (κ2) is 6.19. The Morgan fingerprint density at radius 2 is 1.63 bits per heavy atom. The smallest absolute Gasteiger partial charge is 0.163 e. The summed E-state index contributed by atoms with van der Waals surface area (Å²) in [5.74, 6) is 0.673. The molecule has 0 aliphatic carbocycles. The number of ether oxygens (including phenoxy) is 1. The maximum atomic E-state index is 11.5. The van der Waals surface area contributed by atoms with E-state index in [1.165, 1.54) is 5.56 Å². The molecule has 98 valence electrons. The molecule has 2 aromatic carbocycles. The molecule has 0 aliphatic heterocycles. The number of carbonyl (C=O) groups is 1. The SMILES string of the molecule is CCc1ccc(COc2ccccc2C(C)=O)cc1. The van der Waals surface area contributed by atoms with Gasteiger partial charge in [-0.15, -0.1) is 0 Å². The first kappa shape index (κ1) is 13.3. The van der Waals surface area contributed by atoms with E-state index in [0.717, 1.165) is 12.0 Å². The van der Waals surface area contributed by atoms with Gasteiger partial charge in [0.05, 0.1) is 5.56 Å². The predicted octanol–water partition coefficient (Wildman–Crippen LogP) is 4.03. The summed E-state index contributed by atoms with van der Waals surface area (Å²) in [6.45, 7) is 4.17. The summed E-state index contributed by atoms with van der Waals surface area (Å²) in [5.41, 5.74) is 3.05. The average Bonchev–Trinajstić information content (AvgIpc) is 2.46. The van der Waals surface area contributed by atoms with E-state index >= 15 is 0 Å². The quantitative estimate of drug-likeness (QED) is 0.753. The minimum atomic E-state index is 0.0249. The molecule has 0 bridgehead atoms. The van der Waals surface area contributed by atoms with E-state index in [4.69, 9.17) is 4.74 Å². The third-order valence-corrected chi connectivity index (χ3v) is 3.09. The fourth-order valence-corrected chi connectivity index (χ4v) is 1.92. The fraction of sp³-hybridized carbons (Fsp3) is 0.235. The van der Waals surface area contributed by atoms with E-state index in [2.05, 4.69) is 31.2 Å². The molecule has 0 aliphatic rings. The third kappa shape index (κ3) is 3.44. The van der Waals surface area contributed by atoms with Gasteiger partial charge in [0, 0.05) is 0 Å². The first-order valence-corrected chi connectivity index (χ1v) is 6.51. The van der Waals surface area contributed by atoms with Crippen LogP contribution in [-0.2, 0) is 13.0 Å². The van der Waals surface area contributed by atoms with Crippen LogP contribution in [0.4, 0.5) is 0 Å². The maximum Gasteiger partial charge on any atom is 0.163 e. The zero-order valence-electron chi connectivity index (χ0n) is 11.3. The Morgan fingerprint density at radius 3 is 2.26 bits per heavy atom. The molecule has 19 heavy (non-hydrogen) atoms. The van der Waals surface area contributed by atoms with E-state index in [0.29, 0.717) is 17.9 Å². The number of para-hydroxylation sites is 1. The minimum Gasteiger partial charge on any atom is -0.488 e. The molecule has 2 rings (SSSR count). The largest absolute Gasteiger partial charge is 0.488 e. The number of rotatable bonds is 5. The highest BCUT2D eigenvalue weighted by Gasteiger charge is 2.07. The van der Waals surface area contributed by atoms with Gasteiger partial charge in [0.1, 0.15) is 12.4 Å². The van der Waals surface area contributed by atoms with E-state index in [-0.39, 0.29) is 5.78 Å². The van der Waals surface area contributed by atoms with Crippen LogP contribution in [0.3, 0.4) is 0 Å². The van der Waals surface area contributed by atoms with Crippen LogP contribution in [0.2, 0.25) is 0 Å². The molecule has 0 unspecified atom stereocenters. The van der Waals surface area contributed by atoms with Crippen molar-refractivity contribution in [2.45, 2.75) is 26.9 Å². The van der Waals surface area contributed by atoms with Gasteiger partial charge < -0.3 is 4.74 Å². The average molecular weight is 254 g/mol. The number of hydrogen-bond acceptors (Lipinski definition) is 2. The molecule has 0 N–H and O–H groups in total. The molecule has 0 saturated heterocycles. The van der Waals surface area contributed by atoms with Crippen LogP contribution in [0.15, 0.2) is 48.5 Å². The lowest BCUT2D eigenvalue weighted by molar-refractivity contribution is 0.101. The highest BCUT2D eigenvalue weighted by atomic mass is 16.5. The molecule has 2 aromatic rings. The maximum absolute atomic E-state index is 11.5. The number of Topliss-reactive ketones (excluding diaryl/α,β-unsaturated/α-hetero) is 1. The lowest BCUT2D eigenvalue weighted by Gasteiger charge is -2.10. The number of aryl methyl sites for hydroxylation is 1. The summed E-state index contributed by atoms with van der Waals surface area (Å²) >= 11 is 0. The zero-order chi connectivity index (χ0) is 13.7. The number of carbonyl (C=O) groups excluding carboxylic acids is 1. The van der Waals surface area contributed by atoms with Gasteiger partial charge in [-0.25, -0.2) is 0 Å². The summed E-state index contributed by atoms with van der Waals surface area (Å²) in [5, 5.41) is 0. The molecule has 0 fully saturated rings. The summed E-state index contributed by atoms with van der Waals surface area (Å²) in [6.07, 6.45) is 1.04. The highest BCUT2D eigenvalue weighted by Crippen LogP contribution is 2.19. The Morgan fingerprint density at radius 1 is 1.00 bits per heavy atom. The van der Waals surface area contributed by atoms with Gasteiger partial charge in [0.15, 0.2) is 5.78 Å². The molecule has 0 atom stereocenters. The normalized spacial score (nSPS) is 10.2. The van der Waals surface area contributed by atoms with Crippen LogP contribution in [0.25, 0.3) is 0 Å². The lowest BCUT2D eigenvalue weighted by Crippen LogP contribution is -2.01. The van der Waals surface area contributed by atoms with Crippen molar-refractivity contribution in [2.75, 3.05) is 0 Å². The van der Waals surface area contributed by atoms with E-state index < -0.39 is 0 Å². The Hall–Kier alpha value is -2.09. The zero-order valence-corrected chi connectivity index (χ0v) is 11.3. The van der Waals surface area contributed by atoms with Crippen molar-refractivity contribution < 1.29 is 9.53 Å². The van der Waals surface area contributed by atoms with E-state index in [9.17, 15) is 4.79 Å². The molecule has 2 nitrogen and oxygen atoms in total. The monoisotopic (exact) mass is 254 g/mol. The number of ketones is 1. The Kier molecular flexibility index (Phi) is 4.35. The highest BCUT2D eigenvalue weighted by molar-refractivity contribution is 5.96. The Balaban J connectivity index is 2.07. The van der Waals surface area contributed by atoms with Gasteiger partial charge in [-0.2, -0.15) is 0 Å². The van der Waals surface area contributed by atoms with Crippen LogP contribution >= 0.6 is 0 Å². The van der Waals surface area contributed by atoms with Gasteiger partial charge in [-0.1, -0.05) is 43.3 Å². The predicted molar refractivity (Wildman–Crippen MR) is 76.6 cm³/mol. The van der Waals surface area contributed by atoms with Crippen molar-refractivity contribution in [2.24, 2.45) is 0 Å². The first-order chi connectivity index (χ1) is 9.20. The Labute approximate surface area is 114 Å². The lowest BCUT2D eigenvalue weighted by atomic mass is 10.1. The Bertz CT molecular complexity index is 556. The fourth-order valence-electron chi connectivity index (χ4n) is 1.92. The summed E-state index contributed by atoms with van der Waals surface area (Å²) in [7, 11) is 0. The topological polar surface area (TPSA) is 26.3 Å². The third-order valence-electron chi connectivity index (χ3n) is 3.09. The van der Waals surface area contributed by atoms with Crippen LogP contribution in [0, 0.1) is 0 Å². The summed E-state index contributed by atoms with van der Waals surface area (Å²) in [4.78, 5) is 11.5. The van der Waals surface area contributed by atoms with Crippen molar-refractivity contribution in [3.8, 4) is 5.75 Å². The van der Waals surface area contributed by atoms with Crippen molar-refractivity contribution in [1.82, 2.24) is 0 Å². The van der Waals surface area contributed by atoms with Crippen LogP contribution in [0.1, 0.15) is 35.3 Å². The molecule has 0 amide bonds. The van der Waals surface area contributed by atoms with Gasteiger partial charge in [0.25, 0.3) is 0 Å². The summed E-state index contributed by atoms with van der Waals surface area (Å²) in [6, 6.07) is 15.7. The molecule has 0 heterocycles. The van der Waals surface area contributed by atoms with E-state index in [1.807, 2.05) is 18.2 Å². The minimum absolute atomic E-state index is 0.0249. The molecule has 2 heteroatoms. The molecule has 0 aromatic heterocycles. The van der Waals surface area contributed by atoms with Crippen molar-refractivity contribution >= 4 is 5.78 Å². The van der Waals surface area contributed by atoms with Crippen molar-refractivity contribution in [1.29, 1.82) is 0 Å². The number of hydrogen-bond donors (Lipinski definition) is 0. The van der Waals surface area contributed by atoms with Gasteiger partial charge in [-0.3, -0.25) is 4.79 Å². The number of benzene rings is 2. The molecular weight excluding hydrogens is 236 g/mol. The standard InChI is InChI=1S/C17H18O2/c1-3-14-8-10-15(11-9-14)12-19-17-7-5-4-6-16(17)13(2)18/h4-11H,3,12H2,1-2H3. The summed E-state index contributed by atoms with van der Waals surface area (Å²) < 4.78 is 5.74.